The first-order valence-corrected chi connectivity index (χ1v) is 10.4. The number of carbonyl (C=O) groups is 1. The molecule has 0 unspecified atom stereocenters. The number of benzene rings is 2. The standard InChI is InChI=1S/C20H23FN2O3S/c1-22(27(25,26)19-10-8-18(21)9-11-19)13-4-7-20(24)23-14-12-16-5-2-3-6-17(16)15-23/h2-3,5-6,8-11H,4,7,12-15H2,1H3. The zero-order chi connectivity index (χ0) is 19.4. The highest BCUT2D eigenvalue weighted by Gasteiger charge is 2.23. The minimum absolute atomic E-state index is 0.0390. The number of halogens is 1. The van der Waals surface area contributed by atoms with E-state index in [-0.39, 0.29) is 17.3 Å². The van der Waals surface area contributed by atoms with Gasteiger partial charge >= 0.3 is 0 Å². The lowest BCUT2D eigenvalue weighted by Gasteiger charge is -2.29. The summed E-state index contributed by atoms with van der Waals surface area (Å²) in [5.74, 6) is -0.442. The van der Waals surface area contributed by atoms with Crippen LogP contribution in [0.15, 0.2) is 53.4 Å². The fourth-order valence-electron chi connectivity index (χ4n) is 3.23. The zero-order valence-corrected chi connectivity index (χ0v) is 16.1. The van der Waals surface area contributed by atoms with Crippen molar-refractivity contribution in [1.29, 1.82) is 0 Å². The minimum atomic E-state index is -3.68. The van der Waals surface area contributed by atoms with Gasteiger partial charge in [-0.3, -0.25) is 4.79 Å². The van der Waals surface area contributed by atoms with Crippen LogP contribution in [0.1, 0.15) is 24.0 Å². The van der Waals surface area contributed by atoms with Crippen molar-refractivity contribution in [1.82, 2.24) is 9.21 Å². The minimum Gasteiger partial charge on any atom is -0.338 e. The van der Waals surface area contributed by atoms with Crippen LogP contribution in [-0.2, 0) is 27.8 Å². The van der Waals surface area contributed by atoms with Gasteiger partial charge in [0.2, 0.25) is 15.9 Å². The fraction of sp³-hybridized carbons (Fsp3) is 0.350. The average Bonchev–Trinajstić information content (AvgIpc) is 2.67. The van der Waals surface area contributed by atoms with Gasteiger partial charge in [-0.2, -0.15) is 0 Å². The van der Waals surface area contributed by atoms with Gasteiger partial charge in [-0.1, -0.05) is 24.3 Å². The molecule has 0 fully saturated rings. The number of hydrogen-bond acceptors (Lipinski definition) is 3. The van der Waals surface area contributed by atoms with Crippen molar-refractivity contribution in [3.8, 4) is 0 Å². The molecule has 0 bridgehead atoms. The molecule has 0 spiro atoms. The number of amides is 1. The molecule has 1 aliphatic heterocycles. The third-order valence-electron chi connectivity index (χ3n) is 4.87. The maximum absolute atomic E-state index is 13.0. The van der Waals surface area contributed by atoms with Crippen LogP contribution >= 0.6 is 0 Å². The fourth-order valence-corrected chi connectivity index (χ4v) is 4.44. The van der Waals surface area contributed by atoms with E-state index in [0.29, 0.717) is 25.9 Å². The molecule has 3 rings (SSSR count). The van der Waals surface area contributed by atoms with Crippen LogP contribution in [-0.4, -0.2) is 43.7 Å². The van der Waals surface area contributed by atoms with Crippen molar-refractivity contribution >= 4 is 15.9 Å². The quantitative estimate of drug-likeness (QED) is 0.762. The Hall–Kier alpha value is -2.25. The molecule has 5 nitrogen and oxygen atoms in total. The Balaban J connectivity index is 1.52. The summed E-state index contributed by atoms with van der Waals surface area (Å²) in [5, 5.41) is 0. The highest BCUT2D eigenvalue weighted by molar-refractivity contribution is 7.89. The summed E-state index contributed by atoms with van der Waals surface area (Å²) in [6, 6.07) is 12.9. The Morgan fingerprint density at radius 3 is 2.48 bits per heavy atom. The summed E-state index contributed by atoms with van der Waals surface area (Å²) in [6.07, 6.45) is 1.58. The Morgan fingerprint density at radius 1 is 1.11 bits per heavy atom. The summed E-state index contributed by atoms with van der Waals surface area (Å²) < 4.78 is 39.1. The van der Waals surface area contributed by atoms with E-state index in [1.807, 2.05) is 23.1 Å². The first-order chi connectivity index (χ1) is 12.9. The van der Waals surface area contributed by atoms with Crippen LogP contribution in [0.2, 0.25) is 0 Å². The second-order valence-corrected chi connectivity index (χ2v) is 8.76. The molecule has 144 valence electrons. The first-order valence-electron chi connectivity index (χ1n) is 8.94. The monoisotopic (exact) mass is 390 g/mol. The highest BCUT2D eigenvalue weighted by atomic mass is 32.2. The molecule has 0 aromatic heterocycles. The second kappa shape index (κ2) is 8.19. The first kappa shape index (κ1) is 19.5. The van der Waals surface area contributed by atoms with Gasteiger partial charge in [-0.25, -0.2) is 17.1 Å². The highest BCUT2D eigenvalue weighted by Crippen LogP contribution is 2.20. The molecular formula is C20H23FN2O3S. The van der Waals surface area contributed by atoms with Crippen LogP contribution in [0, 0.1) is 5.82 Å². The van der Waals surface area contributed by atoms with E-state index in [9.17, 15) is 17.6 Å². The van der Waals surface area contributed by atoms with Crippen LogP contribution < -0.4 is 0 Å². The van der Waals surface area contributed by atoms with Crippen LogP contribution in [0.5, 0.6) is 0 Å². The summed E-state index contributed by atoms with van der Waals surface area (Å²) in [7, 11) is -2.20. The van der Waals surface area contributed by atoms with Crippen molar-refractivity contribution in [3.63, 3.8) is 0 Å². The van der Waals surface area contributed by atoms with E-state index in [1.54, 1.807) is 0 Å². The largest absolute Gasteiger partial charge is 0.338 e. The maximum atomic E-state index is 13.0. The van der Waals surface area contributed by atoms with Gasteiger partial charge in [0.15, 0.2) is 0 Å². The Kier molecular flexibility index (Phi) is 5.92. The van der Waals surface area contributed by atoms with Crippen LogP contribution in [0.4, 0.5) is 4.39 Å². The topological polar surface area (TPSA) is 57.7 Å². The van der Waals surface area contributed by atoms with Gasteiger partial charge in [-0.05, 0) is 48.2 Å². The van der Waals surface area contributed by atoms with E-state index in [2.05, 4.69) is 6.07 Å². The average molecular weight is 390 g/mol. The molecule has 1 heterocycles. The molecule has 2 aromatic rings. The Morgan fingerprint density at radius 2 is 1.78 bits per heavy atom. The van der Waals surface area contributed by atoms with E-state index >= 15 is 0 Å². The van der Waals surface area contributed by atoms with Crippen molar-refractivity contribution in [2.24, 2.45) is 0 Å². The van der Waals surface area contributed by atoms with Crippen molar-refractivity contribution in [2.75, 3.05) is 20.1 Å². The molecule has 0 aliphatic carbocycles. The molecule has 27 heavy (non-hydrogen) atoms. The van der Waals surface area contributed by atoms with Gasteiger partial charge in [0.25, 0.3) is 0 Å². The third kappa shape index (κ3) is 4.54. The molecule has 0 saturated heterocycles. The molecule has 0 atom stereocenters. The third-order valence-corrected chi connectivity index (χ3v) is 6.74. The number of rotatable bonds is 6. The van der Waals surface area contributed by atoms with E-state index in [4.69, 9.17) is 0 Å². The molecule has 0 radical (unpaired) electrons. The molecule has 0 N–H and O–H groups in total. The SMILES string of the molecule is CN(CCCC(=O)N1CCc2ccccc2C1)S(=O)(=O)c1ccc(F)cc1. The smallest absolute Gasteiger partial charge is 0.242 e. The molecule has 7 heteroatoms. The lowest BCUT2D eigenvalue weighted by atomic mass is 9.99. The van der Waals surface area contributed by atoms with Gasteiger partial charge in [0.1, 0.15) is 5.82 Å². The molecular weight excluding hydrogens is 367 g/mol. The van der Waals surface area contributed by atoms with Gasteiger partial charge in [0, 0.05) is 33.1 Å². The predicted molar refractivity (Wildman–Crippen MR) is 101 cm³/mol. The molecule has 1 amide bonds. The van der Waals surface area contributed by atoms with E-state index in [1.165, 1.54) is 34.6 Å². The number of fused-ring (bicyclic) bond motifs is 1. The summed E-state index contributed by atoms with van der Waals surface area (Å²) in [5.41, 5.74) is 2.46. The lowest BCUT2D eigenvalue weighted by molar-refractivity contribution is -0.132. The van der Waals surface area contributed by atoms with Crippen molar-refractivity contribution in [3.05, 3.63) is 65.5 Å². The summed E-state index contributed by atoms with van der Waals surface area (Å²) in [6.45, 7) is 1.54. The number of carbonyl (C=O) groups excluding carboxylic acids is 1. The Bertz CT molecular complexity index is 913. The number of sulfonamides is 1. The molecule has 1 aliphatic rings. The lowest BCUT2D eigenvalue weighted by Crippen LogP contribution is -2.36. The zero-order valence-electron chi connectivity index (χ0n) is 15.3. The number of hydrogen-bond donors (Lipinski definition) is 0. The maximum Gasteiger partial charge on any atom is 0.242 e. The normalized spacial score (nSPS) is 14.3. The van der Waals surface area contributed by atoms with E-state index < -0.39 is 15.8 Å². The second-order valence-electron chi connectivity index (χ2n) is 6.72. The molecule has 2 aromatic carbocycles. The van der Waals surface area contributed by atoms with Crippen molar-refractivity contribution in [2.45, 2.75) is 30.7 Å². The van der Waals surface area contributed by atoms with Crippen LogP contribution in [0.25, 0.3) is 0 Å². The number of nitrogens with zero attached hydrogens (tertiary/aromatic N) is 2. The summed E-state index contributed by atoms with van der Waals surface area (Å²) >= 11 is 0. The predicted octanol–water partition coefficient (Wildman–Crippen LogP) is 2.81. The molecule has 0 saturated carbocycles. The summed E-state index contributed by atoms with van der Waals surface area (Å²) in [4.78, 5) is 14.3. The Labute approximate surface area is 159 Å². The van der Waals surface area contributed by atoms with Gasteiger partial charge < -0.3 is 4.90 Å². The van der Waals surface area contributed by atoms with Crippen LogP contribution in [0.3, 0.4) is 0 Å². The van der Waals surface area contributed by atoms with Gasteiger partial charge in [-0.15, -0.1) is 0 Å². The van der Waals surface area contributed by atoms with Crippen molar-refractivity contribution < 1.29 is 17.6 Å². The van der Waals surface area contributed by atoms with Gasteiger partial charge in [0.05, 0.1) is 4.90 Å². The van der Waals surface area contributed by atoms with E-state index in [0.717, 1.165) is 18.6 Å².